The van der Waals surface area contributed by atoms with Crippen molar-refractivity contribution in [3.8, 4) is 0 Å². The lowest BCUT2D eigenvalue weighted by Gasteiger charge is -2.35. The van der Waals surface area contributed by atoms with E-state index in [1.807, 2.05) is 17.0 Å². The molecule has 2 aromatic heterocycles. The third kappa shape index (κ3) is 3.99. The summed E-state index contributed by atoms with van der Waals surface area (Å²) in [6.07, 6.45) is 3.39. The van der Waals surface area contributed by atoms with E-state index >= 15 is 0 Å². The summed E-state index contributed by atoms with van der Waals surface area (Å²) in [5.74, 6) is 2.58. The van der Waals surface area contributed by atoms with Gasteiger partial charge < -0.3 is 15.1 Å². The molecule has 1 aromatic carbocycles. The Hall–Kier alpha value is -2.67. The van der Waals surface area contributed by atoms with E-state index in [0.29, 0.717) is 19.0 Å². The minimum Gasteiger partial charge on any atom is -0.352 e. The smallest absolute Gasteiger partial charge is 0.321 e. The number of hydrogen-bond acceptors (Lipinski definition) is 5. The van der Waals surface area contributed by atoms with Gasteiger partial charge in [0.25, 0.3) is 0 Å². The Morgan fingerprint density at radius 1 is 1.10 bits per heavy atom. The zero-order chi connectivity index (χ0) is 21.5. The maximum atomic E-state index is 12.8. The molecule has 162 valence electrons. The molecule has 0 unspecified atom stereocenters. The van der Waals surface area contributed by atoms with Gasteiger partial charge in [0.05, 0.1) is 5.39 Å². The maximum absolute atomic E-state index is 12.8. The first kappa shape index (κ1) is 20.2. The summed E-state index contributed by atoms with van der Waals surface area (Å²) in [5, 5.41) is 4.23. The standard InChI is InChI=1S/C24H29N5OS/c1-4-17-5-9-19(10-6-17)25-24(30)29-13-11-28(12-14-29)22-20-15(2)16(3)31-23(20)27-21(26-22)18-7-8-18/h5-6,9-10,18H,4,7-8,11-14H2,1-3H3,(H,25,30). The van der Waals surface area contributed by atoms with Gasteiger partial charge in [-0.25, -0.2) is 14.8 Å². The Balaban J connectivity index is 1.31. The Morgan fingerprint density at radius 3 is 2.45 bits per heavy atom. The molecule has 1 saturated carbocycles. The number of nitrogens with one attached hydrogen (secondary N) is 1. The molecule has 0 spiro atoms. The van der Waals surface area contributed by atoms with Crippen LogP contribution in [0.1, 0.15) is 47.5 Å². The van der Waals surface area contributed by atoms with Crippen molar-refractivity contribution >= 4 is 39.1 Å². The number of thiophene rings is 1. The van der Waals surface area contributed by atoms with Gasteiger partial charge in [0.1, 0.15) is 16.5 Å². The van der Waals surface area contributed by atoms with Gasteiger partial charge in [-0.3, -0.25) is 0 Å². The lowest BCUT2D eigenvalue weighted by Crippen LogP contribution is -2.50. The number of carbonyl (C=O) groups is 1. The number of anilines is 2. The van der Waals surface area contributed by atoms with E-state index < -0.39 is 0 Å². The van der Waals surface area contributed by atoms with Crippen LogP contribution in [0.4, 0.5) is 16.3 Å². The summed E-state index contributed by atoms with van der Waals surface area (Å²) >= 11 is 1.77. The number of aryl methyl sites for hydroxylation is 3. The van der Waals surface area contributed by atoms with Crippen LogP contribution >= 0.6 is 11.3 Å². The second-order valence-electron chi connectivity index (χ2n) is 8.60. The van der Waals surface area contributed by atoms with E-state index in [0.717, 1.165) is 41.7 Å². The molecule has 3 heterocycles. The van der Waals surface area contributed by atoms with Crippen LogP contribution in [-0.4, -0.2) is 47.1 Å². The highest BCUT2D eigenvalue weighted by atomic mass is 32.1. The van der Waals surface area contributed by atoms with Crippen LogP contribution in [-0.2, 0) is 6.42 Å². The first-order valence-corrected chi connectivity index (χ1v) is 12.0. The van der Waals surface area contributed by atoms with Gasteiger partial charge in [-0.15, -0.1) is 11.3 Å². The van der Waals surface area contributed by atoms with E-state index in [4.69, 9.17) is 9.97 Å². The second-order valence-corrected chi connectivity index (χ2v) is 9.80. The lowest BCUT2D eigenvalue weighted by atomic mass is 10.1. The van der Waals surface area contributed by atoms with Crippen molar-refractivity contribution in [2.75, 3.05) is 36.4 Å². The van der Waals surface area contributed by atoms with Gasteiger partial charge in [-0.1, -0.05) is 19.1 Å². The molecule has 2 amide bonds. The normalized spacial score (nSPS) is 16.7. The molecule has 1 aliphatic heterocycles. The van der Waals surface area contributed by atoms with E-state index in [1.165, 1.54) is 34.2 Å². The van der Waals surface area contributed by atoms with Gasteiger partial charge in [-0.05, 0) is 56.4 Å². The van der Waals surface area contributed by atoms with Crippen LogP contribution in [0, 0.1) is 13.8 Å². The molecule has 2 aliphatic rings. The van der Waals surface area contributed by atoms with E-state index in [-0.39, 0.29) is 6.03 Å². The largest absolute Gasteiger partial charge is 0.352 e. The number of fused-ring (bicyclic) bond motifs is 1. The number of aromatic nitrogens is 2. The minimum atomic E-state index is -0.0297. The van der Waals surface area contributed by atoms with Crippen LogP contribution in [0.2, 0.25) is 0 Å². The molecule has 1 aliphatic carbocycles. The molecule has 0 radical (unpaired) electrons. The molecule has 1 saturated heterocycles. The van der Waals surface area contributed by atoms with E-state index in [1.54, 1.807) is 11.3 Å². The molecule has 31 heavy (non-hydrogen) atoms. The van der Waals surface area contributed by atoms with Gasteiger partial charge in [0.15, 0.2) is 0 Å². The molecule has 3 aromatic rings. The number of urea groups is 1. The Bertz CT molecular complexity index is 1110. The quantitative estimate of drug-likeness (QED) is 0.619. The molecule has 1 N–H and O–H groups in total. The summed E-state index contributed by atoms with van der Waals surface area (Å²) in [6.45, 7) is 9.41. The lowest BCUT2D eigenvalue weighted by molar-refractivity contribution is 0.208. The number of benzene rings is 1. The molecule has 5 rings (SSSR count). The SMILES string of the molecule is CCc1ccc(NC(=O)N2CCN(c3nc(C4CC4)nc4sc(C)c(C)c34)CC2)cc1. The monoisotopic (exact) mass is 435 g/mol. The first-order valence-electron chi connectivity index (χ1n) is 11.2. The fourth-order valence-electron chi connectivity index (χ4n) is 4.15. The Kier molecular flexibility index (Phi) is 5.30. The first-order chi connectivity index (χ1) is 15.0. The molecule has 7 heteroatoms. The van der Waals surface area contributed by atoms with Crippen molar-refractivity contribution in [3.05, 3.63) is 46.1 Å². The average Bonchev–Trinajstić information content (AvgIpc) is 3.60. The fourth-order valence-corrected chi connectivity index (χ4v) is 5.18. The summed E-state index contributed by atoms with van der Waals surface area (Å²) in [7, 11) is 0. The zero-order valence-corrected chi connectivity index (χ0v) is 19.3. The van der Waals surface area contributed by atoms with Crippen molar-refractivity contribution in [2.24, 2.45) is 0 Å². The molecular formula is C24H29N5OS. The third-order valence-corrected chi connectivity index (χ3v) is 7.55. The molecule has 2 fully saturated rings. The van der Waals surface area contributed by atoms with Crippen LogP contribution < -0.4 is 10.2 Å². The second kappa shape index (κ2) is 8.11. The van der Waals surface area contributed by atoms with Crippen LogP contribution in [0.15, 0.2) is 24.3 Å². The van der Waals surface area contributed by atoms with Crippen LogP contribution in [0.25, 0.3) is 10.2 Å². The van der Waals surface area contributed by atoms with Crippen molar-refractivity contribution < 1.29 is 4.79 Å². The molecule has 6 nitrogen and oxygen atoms in total. The van der Waals surface area contributed by atoms with E-state index in [2.05, 4.69) is 43.1 Å². The predicted molar refractivity (Wildman–Crippen MR) is 127 cm³/mol. The van der Waals surface area contributed by atoms with Crippen LogP contribution in [0.5, 0.6) is 0 Å². The fraction of sp³-hybridized carbons (Fsp3) is 0.458. The van der Waals surface area contributed by atoms with Crippen molar-refractivity contribution in [3.63, 3.8) is 0 Å². The minimum absolute atomic E-state index is 0.0297. The van der Waals surface area contributed by atoms with Gasteiger partial charge >= 0.3 is 6.03 Å². The molecule has 0 bridgehead atoms. The summed E-state index contributed by atoms with van der Waals surface area (Å²) < 4.78 is 0. The number of rotatable bonds is 4. The number of nitrogens with zero attached hydrogens (tertiary/aromatic N) is 4. The summed E-state index contributed by atoms with van der Waals surface area (Å²) in [4.78, 5) is 29.3. The zero-order valence-electron chi connectivity index (χ0n) is 18.4. The maximum Gasteiger partial charge on any atom is 0.321 e. The van der Waals surface area contributed by atoms with E-state index in [9.17, 15) is 4.79 Å². The van der Waals surface area contributed by atoms with Crippen molar-refractivity contribution in [2.45, 2.75) is 46.0 Å². The topological polar surface area (TPSA) is 61.4 Å². The van der Waals surface area contributed by atoms with Gasteiger partial charge in [0.2, 0.25) is 0 Å². The average molecular weight is 436 g/mol. The number of carbonyl (C=O) groups excluding carboxylic acids is 1. The summed E-state index contributed by atoms with van der Waals surface area (Å²) in [5.41, 5.74) is 3.40. The summed E-state index contributed by atoms with van der Waals surface area (Å²) in [6, 6.07) is 8.06. The van der Waals surface area contributed by atoms with Crippen LogP contribution in [0.3, 0.4) is 0 Å². The van der Waals surface area contributed by atoms with Crippen molar-refractivity contribution in [1.29, 1.82) is 0 Å². The Morgan fingerprint density at radius 2 is 1.81 bits per heavy atom. The number of amides is 2. The highest BCUT2D eigenvalue weighted by Gasteiger charge is 2.30. The predicted octanol–water partition coefficient (Wildman–Crippen LogP) is 5.10. The van der Waals surface area contributed by atoms with Crippen molar-refractivity contribution in [1.82, 2.24) is 14.9 Å². The number of piperazine rings is 1. The highest BCUT2D eigenvalue weighted by molar-refractivity contribution is 7.18. The van der Waals surface area contributed by atoms with Gasteiger partial charge in [0, 0.05) is 42.7 Å². The van der Waals surface area contributed by atoms with Gasteiger partial charge in [-0.2, -0.15) is 0 Å². The molecular weight excluding hydrogens is 406 g/mol. The molecule has 0 atom stereocenters. The Labute approximate surface area is 187 Å². The third-order valence-electron chi connectivity index (χ3n) is 6.45. The highest BCUT2D eigenvalue weighted by Crippen LogP contribution is 2.42. The number of hydrogen-bond donors (Lipinski definition) is 1.